The van der Waals surface area contributed by atoms with Crippen molar-refractivity contribution in [2.24, 2.45) is 5.92 Å². The van der Waals surface area contributed by atoms with Gasteiger partial charge in [-0.15, -0.1) is 0 Å². The molecule has 0 aliphatic heterocycles. The zero-order valence-corrected chi connectivity index (χ0v) is 12.3. The smallest absolute Gasteiger partial charge is 0.221 e. The summed E-state index contributed by atoms with van der Waals surface area (Å²) in [6, 6.07) is 6.63. The lowest BCUT2D eigenvalue weighted by atomic mass is 9.90. The maximum atomic E-state index is 12.5. The summed E-state index contributed by atoms with van der Waals surface area (Å²) in [4.78, 5) is 36.4. The molecule has 110 valence electrons. The number of carbonyl (C=O) groups is 3. The van der Waals surface area contributed by atoms with Gasteiger partial charge in [0.25, 0.3) is 0 Å². The van der Waals surface area contributed by atoms with E-state index in [2.05, 4.69) is 10.6 Å². The predicted octanol–water partition coefficient (Wildman–Crippen LogP) is 1.66. The summed E-state index contributed by atoms with van der Waals surface area (Å²) >= 11 is 0. The van der Waals surface area contributed by atoms with Crippen LogP contribution in [-0.2, 0) is 4.79 Å². The van der Waals surface area contributed by atoms with Gasteiger partial charge in [-0.3, -0.25) is 14.4 Å². The monoisotopic (exact) mass is 286 g/mol. The van der Waals surface area contributed by atoms with Gasteiger partial charge in [-0.05, 0) is 5.92 Å². The molecule has 5 nitrogen and oxygen atoms in total. The minimum Gasteiger partial charge on any atom is -0.380 e. The molecule has 0 saturated carbocycles. The average Bonchev–Trinajstić information content (AvgIpc) is 2.43. The fourth-order valence-corrected chi connectivity index (χ4v) is 2.15. The van der Waals surface area contributed by atoms with E-state index in [0.717, 1.165) is 0 Å². The van der Waals surface area contributed by atoms with Crippen molar-refractivity contribution >= 4 is 17.5 Å². The summed E-state index contributed by atoms with van der Waals surface area (Å²) < 4.78 is 0. The highest BCUT2D eigenvalue weighted by molar-refractivity contribution is 6.27. The minimum atomic E-state index is -0.380. The Kier molecular flexibility index (Phi) is 4.21. The Hall–Kier alpha value is -2.43. The van der Waals surface area contributed by atoms with Gasteiger partial charge < -0.3 is 10.6 Å². The maximum Gasteiger partial charge on any atom is 0.221 e. The average molecular weight is 286 g/mol. The van der Waals surface area contributed by atoms with Crippen LogP contribution in [0.4, 0.5) is 0 Å². The van der Waals surface area contributed by atoms with Gasteiger partial charge in [-0.2, -0.15) is 0 Å². The van der Waals surface area contributed by atoms with E-state index in [1.807, 2.05) is 13.8 Å². The number of ketones is 2. The van der Waals surface area contributed by atoms with Crippen LogP contribution in [0.15, 0.2) is 35.7 Å². The van der Waals surface area contributed by atoms with Crippen molar-refractivity contribution in [3.05, 3.63) is 46.8 Å². The molecule has 0 atom stereocenters. The first-order valence-corrected chi connectivity index (χ1v) is 6.86. The summed E-state index contributed by atoms with van der Waals surface area (Å²) in [5, 5.41) is 5.48. The number of amides is 1. The van der Waals surface area contributed by atoms with Crippen LogP contribution in [0, 0.1) is 5.92 Å². The van der Waals surface area contributed by atoms with Crippen LogP contribution in [0.1, 0.15) is 41.5 Å². The lowest BCUT2D eigenvalue weighted by Crippen LogP contribution is -2.38. The Bertz CT molecular complexity index is 645. The zero-order chi connectivity index (χ0) is 15.6. The number of hydrogen-bond donors (Lipinski definition) is 2. The standard InChI is InChI=1S/C16H18N2O3/c1-9(2)8-17-13-14(18-10(3)19)16(21)12-7-5-4-6-11(12)15(13)20/h4-7,9,17H,8H2,1-3H3,(H,18,19). The third-order valence-corrected chi connectivity index (χ3v) is 3.11. The third-order valence-electron chi connectivity index (χ3n) is 3.11. The van der Waals surface area contributed by atoms with Gasteiger partial charge in [0.2, 0.25) is 17.5 Å². The first kappa shape index (κ1) is 15.0. The first-order chi connectivity index (χ1) is 9.91. The maximum absolute atomic E-state index is 12.5. The second kappa shape index (κ2) is 5.91. The van der Waals surface area contributed by atoms with E-state index in [9.17, 15) is 14.4 Å². The summed E-state index contributed by atoms with van der Waals surface area (Å²) in [6.07, 6.45) is 0. The molecule has 2 N–H and O–H groups in total. The second-order valence-corrected chi connectivity index (χ2v) is 5.41. The Morgan fingerprint density at radius 2 is 1.57 bits per heavy atom. The molecule has 1 aliphatic rings. The Labute approximate surface area is 123 Å². The lowest BCUT2D eigenvalue weighted by molar-refractivity contribution is -0.118. The van der Waals surface area contributed by atoms with Crippen molar-refractivity contribution in [1.82, 2.24) is 10.6 Å². The van der Waals surface area contributed by atoms with Crippen molar-refractivity contribution in [3.8, 4) is 0 Å². The normalized spacial score (nSPS) is 14.3. The number of carbonyl (C=O) groups excluding carboxylic acids is 3. The second-order valence-electron chi connectivity index (χ2n) is 5.41. The van der Waals surface area contributed by atoms with E-state index in [-0.39, 0.29) is 28.9 Å². The van der Waals surface area contributed by atoms with Gasteiger partial charge in [0.05, 0.1) is 0 Å². The van der Waals surface area contributed by atoms with Gasteiger partial charge in [-0.1, -0.05) is 38.1 Å². The van der Waals surface area contributed by atoms with Gasteiger partial charge in [0.1, 0.15) is 11.4 Å². The number of fused-ring (bicyclic) bond motifs is 1. The third kappa shape index (κ3) is 3.02. The molecule has 0 heterocycles. The van der Waals surface area contributed by atoms with Gasteiger partial charge in [0.15, 0.2) is 0 Å². The highest BCUT2D eigenvalue weighted by Gasteiger charge is 2.32. The molecule has 1 aromatic carbocycles. The minimum absolute atomic E-state index is 0.0341. The van der Waals surface area contributed by atoms with E-state index in [1.54, 1.807) is 24.3 Å². The number of nitrogens with one attached hydrogen (secondary N) is 2. The molecule has 1 aromatic rings. The van der Waals surface area contributed by atoms with E-state index in [4.69, 9.17) is 0 Å². The molecular formula is C16H18N2O3. The van der Waals surface area contributed by atoms with Gasteiger partial charge >= 0.3 is 0 Å². The highest BCUT2D eigenvalue weighted by Crippen LogP contribution is 2.23. The first-order valence-electron chi connectivity index (χ1n) is 6.86. The van der Waals surface area contributed by atoms with Gasteiger partial charge in [0, 0.05) is 24.6 Å². The molecule has 21 heavy (non-hydrogen) atoms. The Balaban J connectivity index is 2.49. The van der Waals surface area contributed by atoms with Crippen molar-refractivity contribution in [3.63, 3.8) is 0 Å². The van der Waals surface area contributed by atoms with Crippen molar-refractivity contribution in [2.75, 3.05) is 6.54 Å². The quantitative estimate of drug-likeness (QED) is 0.882. The zero-order valence-electron chi connectivity index (χ0n) is 12.3. The van der Waals surface area contributed by atoms with Crippen molar-refractivity contribution in [2.45, 2.75) is 20.8 Å². The fraction of sp³-hybridized carbons (Fsp3) is 0.312. The molecular weight excluding hydrogens is 268 g/mol. The molecule has 2 rings (SSSR count). The largest absolute Gasteiger partial charge is 0.380 e. The molecule has 1 aliphatic carbocycles. The van der Waals surface area contributed by atoms with Crippen LogP contribution < -0.4 is 10.6 Å². The number of rotatable bonds is 4. The Morgan fingerprint density at radius 3 is 2.05 bits per heavy atom. The molecule has 5 heteroatoms. The van der Waals surface area contributed by atoms with Crippen molar-refractivity contribution in [1.29, 1.82) is 0 Å². The van der Waals surface area contributed by atoms with E-state index >= 15 is 0 Å². The molecule has 1 amide bonds. The van der Waals surface area contributed by atoms with Gasteiger partial charge in [-0.25, -0.2) is 0 Å². The molecule has 0 radical (unpaired) electrons. The number of allylic oxidation sites excluding steroid dienone is 2. The summed E-state index contributed by atoms with van der Waals surface area (Å²) in [6.45, 7) is 5.84. The predicted molar refractivity (Wildman–Crippen MR) is 78.8 cm³/mol. The Morgan fingerprint density at radius 1 is 1.05 bits per heavy atom. The van der Waals surface area contributed by atoms with Crippen molar-refractivity contribution < 1.29 is 14.4 Å². The van der Waals surface area contributed by atoms with Crippen LogP contribution in [0.5, 0.6) is 0 Å². The van der Waals surface area contributed by atoms with E-state index < -0.39 is 0 Å². The lowest BCUT2D eigenvalue weighted by Gasteiger charge is -2.22. The molecule has 0 bridgehead atoms. The van der Waals surface area contributed by atoms with Crippen LogP contribution in [0.2, 0.25) is 0 Å². The molecule has 0 aromatic heterocycles. The molecule has 0 spiro atoms. The number of Topliss-reactive ketones (excluding diaryl/α,β-unsaturated/α-hetero) is 2. The topological polar surface area (TPSA) is 75.3 Å². The molecule has 0 fully saturated rings. The molecule has 0 unspecified atom stereocenters. The van der Waals surface area contributed by atoms with E-state index in [0.29, 0.717) is 23.6 Å². The van der Waals surface area contributed by atoms with Crippen LogP contribution in [0.25, 0.3) is 0 Å². The summed E-state index contributed by atoms with van der Waals surface area (Å²) in [5.41, 5.74) is 0.888. The summed E-state index contributed by atoms with van der Waals surface area (Å²) in [7, 11) is 0. The number of benzene rings is 1. The van der Waals surface area contributed by atoms with Crippen LogP contribution >= 0.6 is 0 Å². The van der Waals surface area contributed by atoms with Crippen LogP contribution in [-0.4, -0.2) is 24.0 Å². The van der Waals surface area contributed by atoms with Crippen LogP contribution in [0.3, 0.4) is 0 Å². The highest BCUT2D eigenvalue weighted by atomic mass is 16.2. The van der Waals surface area contributed by atoms with E-state index in [1.165, 1.54) is 6.92 Å². The number of hydrogen-bond acceptors (Lipinski definition) is 4. The summed E-state index contributed by atoms with van der Waals surface area (Å²) in [5.74, 6) is -0.688. The SMILES string of the molecule is CC(=O)NC1=C(NCC(C)C)C(=O)c2ccccc2C1=O. The fourth-order valence-electron chi connectivity index (χ4n) is 2.15. The molecule has 0 saturated heterocycles.